The van der Waals surface area contributed by atoms with Gasteiger partial charge in [-0.1, -0.05) is 39.8 Å². The van der Waals surface area contributed by atoms with Crippen molar-refractivity contribution in [2.45, 2.75) is 40.7 Å². The van der Waals surface area contributed by atoms with Crippen LogP contribution in [0.2, 0.25) is 0 Å². The van der Waals surface area contributed by atoms with Crippen LogP contribution in [-0.4, -0.2) is 6.54 Å². The molecular formula is C16H24IN. The van der Waals surface area contributed by atoms with Gasteiger partial charge in [-0.05, 0) is 70.5 Å². The molecule has 0 saturated heterocycles. The zero-order chi connectivity index (χ0) is 13.6. The van der Waals surface area contributed by atoms with Crippen molar-refractivity contribution in [1.29, 1.82) is 0 Å². The predicted molar refractivity (Wildman–Crippen MR) is 86.6 cm³/mol. The van der Waals surface area contributed by atoms with Crippen LogP contribution in [0.25, 0.3) is 0 Å². The number of hydrogen-bond donors (Lipinski definition) is 1. The number of halogens is 1. The van der Waals surface area contributed by atoms with Crippen molar-refractivity contribution < 1.29 is 0 Å². The third-order valence-corrected chi connectivity index (χ3v) is 6.04. The van der Waals surface area contributed by atoms with Gasteiger partial charge in [0.05, 0.1) is 0 Å². The Kier molecular flexibility index (Phi) is 3.81. The van der Waals surface area contributed by atoms with E-state index in [-0.39, 0.29) is 0 Å². The quantitative estimate of drug-likeness (QED) is 0.775. The monoisotopic (exact) mass is 357 g/mol. The molecule has 100 valence electrons. The molecule has 1 aromatic carbocycles. The summed E-state index contributed by atoms with van der Waals surface area (Å²) in [7, 11) is 0. The largest absolute Gasteiger partial charge is 0.310 e. The second-order valence-electron chi connectivity index (χ2n) is 6.68. The van der Waals surface area contributed by atoms with Crippen molar-refractivity contribution in [3.63, 3.8) is 0 Å². The SMILES string of the molecule is CC(NCC1C(C)(C)C1(C)C)c1ccc(I)cc1. The lowest BCUT2D eigenvalue weighted by Gasteiger charge is -2.15. The first-order valence-electron chi connectivity index (χ1n) is 6.75. The smallest absolute Gasteiger partial charge is 0.0291 e. The first-order valence-corrected chi connectivity index (χ1v) is 7.83. The van der Waals surface area contributed by atoms with E-state index in [9.17, 15) is 0 Å². The van der Waals surface area contributed by atoms with Crippen molar-refractivity contribution in [1.82, 2.24) is 5.32 Å². The van der Waals surface area contributed by atoms with Gasteiger partial charge in [0.25, 0.3) is 0 Å². The molecule has 1 fully saturated rings. The molecule has 1 atom stereocenters. The molecule has 2 heteroatoms. The Labute approximate surface area is 125 Å². The van der Waals surface area contributed by atoms with Crippen LogP contribution in [0.5, 0.6) is 0 Å². The minimum Gasteiger partial charge on any atom is -0.310 e. The molecule has 1 aliphatic rings. The lowest BCUT2D eigenvalue weighted by molar-refractivity contribution is 0.457. The molecule has 18 heavy (non-hydrogen) atoms. The molecule has 1 saturated carbocycles. The van der Waals surface area contributed by atoms with Gasteiger partial charge < -0.3 is 5.32 Å². The van der Waals surface area contributed by atoms with Gasteiger partial charge in [0.15, 0.2) is 0 Å². The maximum absolute atomic E-state index is 3.69. The highest BCUT2D eigenvalue weighted by Crippen LogP contribution is 2.68. The molecule has 0 spiro atoms. The Bertz CT molecular complexity index is 405. The molecule has 0 aliphatic heterocycles. The second-order valence-corrected chi connectivity index (χ2v) is 7.92. The Morgan fingerprint density at radius 3 is 2.06 bits per heavy atom. The van der Waals surface area contributed by atoms with Crippen LogP contribution in [-0.2, 0) is 0 Å². The van der Waals surface area contributed by atoms with Gasteiger partial charge in [-0.15, -0.1) is 0 Å². The summed E-state index contributed by atoms with van der Waals surface area (Å²) in [6.45, 7) is 12.9. The summed E-state index contributed by atoms with van der Waals surface area (Å²) in [5.74, 6) is 0.788. The fraction of sp³-hybridized carbons (Fsp3) is 0.625. The third-order valence-electron chi connectivity index (χ3n) is 5.32. The topological polar surface area (TPSA) is 12.0 Å². The third kappa shape index (κ3) is 2.46. The minimum absolute atomic E-state index is 0.439. The second kappa shape index (κ2) is 4.78. The summed E-state index contributed by atoms with van der Waals surface area (Å²) in [5, 5.41) is 3.69. The van der Waals surface area contributed by atoms with Crippen molar-refractivity contribution in [2.24, 2.45) is 16.7 Å². The average molecular weight is 357 g/mol. The molecular weight excluding hydrogens is 333 g/mol. The summed E-state index contributed by atoms with van der Waals surface area (Å²) < 4.78 is 1.30. The minimum atomic E-state index is 0.439. The standard InChI is InChI=1S/C16H24IN/c1-11(12-6-8-13(17)9-7-12)18-10-14-15(2,3)16(14,4)5/h6-9,11,14,18H,10H2,1-5H3. The number of benzene rings is 1. The fourth-order valence-corrected chi connectivity index (χ4v) is 3.37. The summed E-state index contributed by atoms with van der Waals surface area (Å²) >= 11 is 2.35. The highest BCUT2D eigenvalue weighted by atomic mass is 127. The van der Waals surface area contributed by atoms with E-state index in [0.717, 1.165) is 12.5 Å². The molecule has 0 bridgehead atoms. The zero-order valence-electron chi connectivity index (χ0n) is 12.0. The molecule has 0 heterocycles. The normalized spacial score (nSPS) is 22.8. The first kappa shape index (κ1) is 14.3. The van der Waals surface area contributed by atoms with Crippen molar-refractivity contribution in [3.05, 3.63) is 33.4 Å². The summed E-state index contributed by atoms with van der Waals surface area (Å²) in [6, 6.07) is 9.25. The van der Waals surface area contributed by atoms with Crippen LogP contribution >= 0.6 is 22.6 Å². The molecule has 0 aromatic heterocycles. The maximum atomic E-state index is 3.69. The molecule has 0 amide bonds. The van der Waals surface area contributed by atoms with E-state index < -0.39 is 0 Å². The van der Waals surface area contributed by atoms with E-state index in [0.29, 0.717) is 16.9 Å². The molecule has 1 aromatic rings. The molecule has 1 aliphatic carbocycles. The fourth-order valence-electron chi connectivity index (χ4n) is 3.01. The summed E-state index contributed by atoms with van der Waals surface area (Å²) in [6.07, 6.45) is 0. The molecule has 0 radical (unpaired) electrons. The van der Waals surface area contributed by atoms with E-state index in [2.05, 4.69) is 86.8 Å². The van der Waals surface area contributed by atoms with Crippen molar-refractivity contribution in [2.75, 3.05) is 6.54 Å². The van der Waals surface area contributed by atoms with E-state index in [1.165, 1.54) is 9.13 Å². The molecule has 1 unspecified atom stereocenters. The number of nitrogens with one attached hydrogen (secondary N) is 1. The molecule has 1 nitrogen and oxygen atoms in total. The van der Waals surface area contributed by atoms with Crippen molar-refractivity contribution >= 4 is 22.6 Å². The van der Waals surface area contributed by atoms with E-state index in [1.54, 1.807) is 0 Å². The molecule has 1 N–H and O–H groups in total. The van der Waals surface area contributed by atoms with E-state index in [1.807, 2.05) is 0 Å². The van der Waals surface area contributed by atoms with Gasteiger partial charge in [0, 0.05) is 9.61 Å². The van der Waals surface area contributed by atoms with Gasteiger partial charge in [0.1, 0.15) is 0 Å². The summed E-state index contributed by atoms with van der Waals surface area (Å²) in [4.78, 5) is 0. The zero-order valence-corrected chi connectivity index (χ0v) is 14.2. The lowest BCUT2D eigenvalue weighted by atomic mass is 10.0. The van der Waals surface area contributed by atoms with Gasteiger partial charge in [-0.2, -0.15) is 0 Å². The molecule has 2 rings (SSSR count). The van der Waals surface area contributed by atoms with E-state index >= 15 is 0 Å². The Hall–Kier alpha value is -0.0900. The van der Waals surface area contributed by atoms with Gasteiger partial charge in [-0.3, -0.25) is 0 Å². The van der Waals surface area contributed by atoms with Gasteiger partial charge >= 0.3 is 0 Å². The lowest BCUT2D eigenvalue weighted by Crippen LogP contribution is -2.23. The summed E-state index contributed by atoms with van der Waals surface area (Å²) in [5.41, 5.74) is 2.34. The van der Waals surface area contributed by atoms with Crippen LogP contribution < -0.4 is 5.32 Å². The van der Waals surface area contributed by atoms with E-state index in [4.69, 9.17) is 0 Å². The maximum Gasteiger partial charge on any atom is 0.0291 e. The van der Waals surface area contributed by atoms with Crippen LogP contribution in [0.3, 0.4) is 0 Å². The Morgan fingerprint density at radius 2 is 1.61 bits per heavy atom. The van der Waals surface area contributed by atoms with Crippen LogP contribution in [0, 0.1) is 20.3 Å². The number of hydrogen-bond acceptors (Lipinski definition) is 1. The van der Waals surface area contributed by atoms with Crippen LogP contribution in [0.15, 0.2) is 24.3 Å². The van der Waals surface area contributed by atoms with Crippen LogP contribution in [0.4, 0.5) is 0 Å². The van der Waals surface area contributed by atoms with Crippen molar-refractivity contribution in [3.8, 4) is 0 Å². The predicted octanol–water partition coefficient (Wildman–Crippen LogP) is 4.62. The highest BCUT2D eigenvalue weighted by Gasteiger charge is 2.63. The highest BCUT2D eigenvalue weighted by molar-refractivity contribution is 14.1. The van der Waals surface area contributed by atoms with Crippen LogP contribution in [0.1, 0.15) is 46.2 Å². The number of rotatable bonds is 4. The first-order chi connectivity index (χ1) is 8.26. The van der Waals surface area contributed by atoms with Gasteiger partial charge in [-0.25, -0.2) is 0 Å². The Balaban J connectivity index is 1.90. The van der Waals surface area contributed by atoms with Gasteiger partial charge in [0.2, 0.25) is 0 Å². The Morgan fingerprint density at radius 1 is 1.11 bits per heavy atom. The average Bonchev–Trinajstić information content (AvgIpc) is 2.67.